The van der Waals surface area contributed by atoms with E-state index in [2.05, 4.69) is 22.6 Å². The van der Waals surface area contributed by atoms with Crippen molar-refractivity contribution in [3.63, 3.8) is 0 Å². The molecule has 0 atom stereocenters. The highest BCUT2D eigenvalue weighted by atomic mass is 127. The minimum atomic E-state index is 0.353. The monoisotopic (exact) mass is 270 g/mol. The minimum absolute atomic E-state index is 0.353. The van der Waals surface area contributed by atoms with Crippen LogP contribution in [0, 0.1) is 3.57 Å². The van der Waals surface area contributed by atoms with Gasteiger partial charge in [-0.05, 0) is 46.2 Å². The molecule has 0 saturated heterocycles. The smallest absolute Gasteiger partial charge is 0.123 e. The van der Waals surface area contributed by atoms with Gasteiger partial charge in [-0.15, -0.1) is 0 Å². The van der Waals surface area contributed by atoms with Gasteiger partial charge in [-0.25, -0.2) is 0 Å². The van der Waals surface area contributed by atoms with E-state index in [1.165, 1.54) is 0 Å². The average Bonchev–Trinajstić information content (AvgIpc) is 2.07. The molecule has 0 saturated carbocycles. The molecule has 2 aromatic rings. The molecule has 1 nitrogen and oxygen atoms in total. The quantitative estimate of drug-likeness (QED) is 0.729. The van der Waals surface area contributed by atoms with E-state index in [4.69, 9.17) is 0 Å². The molecular formula is C10H7IO. The van der Waals surface area contributed by atoms with Gasteiger partial charge < -0.3 is 5.11 Å². The Bertz CT molecular complexity index is 423. The Kier molecular flexibility index (Phi) is 1.92. The molecule has 0 aromatic heterocycles. The van der Waals surface area contributed by atoms with E-state index in [-0.39, 0.29) is 0 Å². The molecule has 1 N–H and O–H groups in total. The minimum Gasteiger partial charge on any atom is -0.507 e. The topological polar surface area (TPSA) is 20.2 Å². The van der Waals surface area contributed by atoms with Crippen LogP contribution >= 0.6 is 22.6 Å². The van der Waals surface area contributed by atoms with E-state index < -0.39 is 0 Å². The van der Waals surface area contributed by atoms with E-state index in [0.29, 0.717) is 5.75 Å². The summed E-state index contributed by atoms with van der Waals surface area (Å²) in [5, 5.41) is 11.5. The summed E-state index contributed by atoms with van der Waals surface area (Å²) >= 11 is 2.23. The number of hydrogen-bond donors (Lipinski definition) is 1. The van der Waals surface area contributed by atoms with Crippen molar-refractivity contribution < 1.29 is 5.11 Å². The fraction of sp³-hybridized carbons (Fsp3) is 0. The second kappa shape index (κ2) is 2.94. The Hall–Kier alpha value is -0.770. The molecule has 0 unspecified atom stereocenters. The number of aromatic hydroxyl groups is 1. The standard InChI is InChI=1S/C10H7IO/c11-8-5-4-7-2-1-3-10(12)9(7)6-8/h1-6,12H. The summed E-state index contributed by atoms with van der Waals surface area (Å²) in [4.78, 5) is 0. The van der Waals surface area contributed by atoms with Crippen molar-refractivity contribution in [2.75, 3.05) is 0 Å². The van der Waals surface area contributed by atoms with E-state index in [0.717, 1.165) is 14.3 Å². The van der Waals surface area contributed by atoms with Crippen LogP contribution in [0.4, 0.5) is 0 Å². The number of halogens is 1. The maximum Gasteiger partial charge on any atom is 0.123 e. The summed E-state index contributed by atoms with van der Waals surface area (Å²) in [6.07, 6.45) is 0. The molecule has 0 amide bonds. The second-order valence-electron chi connectivity index (χ2n) is 2.64. The number of phenolic OH excluding ortho intramolecular Hbond substituents is 1. The molecule has 0 heterocycles. The Morgan fingerprint density at radius 2 is 1.92 bits per heavy atom. The van der Waals surface area contributed by atoms with Crippen LogP contribution in [0.3, 0.4) is 0 Å². The van der Waals surface area contributed by atoms with Crippen LogP contribution < -0.4 is 0 Å². The van der Waals surface area contributed by atoms with Gasteiger partial charge in [0, 0.05) is 8.96 Å². The van der Waals surface area contributed by atoms with Crippen LogP contribution in [0.5, 0.6) is 5.75 Å². The van der Waals surface area contributed by atoms with Crippen molar-refractivity contribution >= 4 is 33.4 Å². The highest BCUT2D eigenvalue weighted by molar-refractivity contribution is 14.1. The Labute approximate surface area is 84.2 Å². The van der Waals surface area contributed by atoms with Crippen molar-refractivity contribution in [2.45, 2.75) is 0 Å². The van der Waals surface area contributed by atoms with E-state index in [1.807, 2.05) is 30.3 Å². The Morgan fingerprint density at radius 1 is 1.08 bits per heavy atom. The maximum absolute atomic E-state index is 9.49. The Morgan fingerprint density at radius 3 is 2.75 bits per heavy atom. The number of benzene rings is 2. The van der Waals surface area contributed by atoms with Gasteiger partial charge in [-0.1, -0.05) is 18.2 Å². The highest BCUT2D eigenvalue weighted by Crippen LogP contribution is 2.25. The summed E-state index contributed by atoms with van der Waals surface area (Å²) in [5.74, 6) is 0.353. The molecule has 0 bridgehead atoms. The molecule has 12 heavy (non-hydrogen) atoms. The molecule has 0 aliphatic rings. The first-order valence-electron chi connectivity index (χ1n) is 3.64. The zero-order valence-corrected chi connectivity index (χ0v) is 8.45. The lowest BCUT2D eigenvalue weighted by atomic mass is 10.1. The lowest BCUT2D eigenvalue weighted by Crippen LogP contribution is -1.75. The predicted octanol–water partition coefficient (Wildman–Crippen LogP) is 3.15. The summed E-state index contributed by atoms with van der Waals surface area (Å²) in [7, 11) is 0. The molecule has 0 aliphatic heterocycles. The van der Waals surface area contributed by atoms with Crippen molar-refractivity contribution in [2.24, 2.45) is 0 Å². The second-order valence-corrected chi connectivity index (χ2v) is 3.89. The largest absolute Gasteiger partial charge is 0.507 e. The molecule has 0 fully saturated rings. The summed E-state index contributed by atoms with van der Waals surface area (Å²) in [6.45, 7) is 0. The lowest BCUT2D eigenvalue weighted by Gasteiger charge is -2.00. The first-order valence-corrected chi connectivity index (χ1v) is 4.72. The van der Waals surface area contributed by atoms with Crippen LogP contribution in [0.2, 0.25) is 0 Å². The molecule has 2 aromatic carbocycles. The third-order valence-corrected chi connectivity index (χ3v) is 2.49. The van der Waals surface area contributed by atoms with E-state index in [1.54, 1.807) is 6.07 Å². The van der Waals surface area contributed by atoms with Crippen LogP contribution in [0.1, 0.15) is 0 Å². The molecule has 0 spiro atoms. The fourth-order valence-corrected chi connectivity index (χ4v) is 1.72. The van der Waals surface area contributed by atoms with Gasteiger partial charge in [0.05, 0.1) is 0 Å². The third kappa shape index (κ3) is 1.27. The summed E-state index contributed by atoms with van der Waals surface area (Å²) < 4.78 is 1.14. The average molecular weight is 270 g/mol. The summed E-state index contributed by atoms with van der Waals surface area (Å²) in [5.41, 5.74) is 0. The highest BCUT2D eigenvalue weighted by Gasteiger charge is 1.97. The van der Waals surface area contributed by atoms with Crippen LogP contribution in [-0.4, -0.2) is 5.11 Å². The maximum atomic E-state index is 9.49. The van der Waals surface area contributed by atoms with Crippen molar-refractivity contribution in [1.29, 1.82) is 0 Å². The van der Waals surface area contributed by atoms with E-state index in [9.17, 15) is 5.11 Å². The van der Waals surface area contributed by atoms with Crippen LogP contribution in [0.15, 0.2) is 36.4 Å². The molecule has 2 rings (SSSR count). The van der Waals surface area contributed by atoms with Crippen molar-refractivity contribution in [3.8, 4) is 5.75 Å². The molecular weight excluding hydrogens is 263 g/mol. The van der Waals surface area contributed by atoms with Gasteiger partial charge in [0.2, 0.25) is 0 Å². The third-order valence-electron chi connectivity index (χ3n) is 1.82. The van der Waals surface area contributed by atoms with Crippen LogP contribution in [0.25, 0.3) is 10.8 Å². The van der Waals surface area contributed by atoms with E-state index >= 15 is 0 Å². The first kappa shape index (κ1) is 7.86. The Balaban J connectivity index is 2.88. The first-order chi connectivity index (χ1) is 5.77. The molecule has 2 heteroatoms. The van der Waals surface area contributed by atoms with Gasteiger partial charge in [0.25, 0.3) is 0 Å². The number of rotatable bonds is 0. The molecule has 0 radical (unpaired) electrons. The van der Waals surface area contributed by atoms with Crippen LogP contribution in [-0.2, 0) is 0 Å². The summed E-state index contributed by atoms with van der Waals surface area (Å²) in [6, 6.07) is 11.6. The zero-order chi connectivity index (χ0) is 8.55. The van der Waals surface area contributed by atoms with Crippen molar-refractivity contribution in [3.05, 3.63) is 40.0 Å². The predicted molar refractivity (Wildman–Crippen MR) is 58.3 cm³/mol. The van der Waals surface area contributed by atoms with Gasteiger partial charge in [0.1, 0.15) is 5.75 Å². The lowest BCUT2D eigenvalue weighted by molar-refractivity contribution is 0.481. The fourth-order valence-electron chi connectivity index (χ4n) is 1.23. The van der Waals surface area contributed by atoms with Gasteiger partial charge >= 0.3 is 0 Å². The van der Waals surface area contributed by atoms with Gasteiger partial charge in [-0.2, -0.15) is 0 Å². The molecule has 60 valence electrons. The SMILES string of the molecule is Oc1cccc2ccc(I)cc12. The van der Waals surface area contributed by atoms with Gasteiger partial charge in [-0.3, -0.25) is 0 Å². The number of phenols is 1. The van der Waals surface area contributed by atoms with Crippen molar-refractivity contribution in [1.82, 2.24) is 0 Å². The van der Waals surface area contributed by atoms with Gasteiger partial charge in [0.15, 0.2) is 0 Å². The number of hydrogen-bond acceptors (Lipinski definition) is 1. The number of fused-ring (bicyclic) bond motifs is 1. The zero-order valence-electron chi connectivity index (χ0n) is 6.29. The normalized spacial score (nSPS) is 10.4. The molecule has 0 aliphatic carbocycles.